The summed E-state index contributed by atoms with van der Waals surface area (Å²) in [5, 5.41) is 9.27. The van der Waals surface area contributed by atoms with Gasteiger partial charge in [-0.25, -0.2) is 4.98 Å². The number of nitrogens with two attached hydrogens (primary N) is 1. The minimum Gasteiger partial charge on any atom is -0.375 e. The summed E-state index contributed by atoms with van der Waals surface area (Å²) in [6.07, 6.45) is 0.460. The van der Waals surface area contributed by atoms with Crippen LogP contribution in [0, 0.1) is 18.3 Å². The Kier molecular flexibility index (Phi) is 3.63. The molecule has 0 saturated carbocycles. The van der Waals surface area contributed by atoms with Gasteiger partial charge >= 0.3 is 0 Å². The summed E-state index contributed by atoms with van der Waals surface area (Å²) >= 11 is 1.55. The van der Waals surface area contributed by atoms with Crippen molar-refractivity contribution in [3.63, 3.8) is 0 Å². The lowest BCUT2D eigenvalue weighted by atomic mass is 9.97. The summed E-state index contributed by atoms with van der Waals surface area (Å²) in [4.78, 5) is 5.47. The van der Waals surface area contributed by atoms with Crippen LogP contribution in [0.4, 0.5) is 5.13 Å². The molecule has 0 fully saturated rings. The minimum atomic E-state index is 0.288. The molecule has 0 amide bonds. The number of thiazole rings is 1. The molecule has 18 heavy (non-hydrogen) atoms. The maximum absolute atomic E-state index is 8.64. The number of nitrogens with zero attached hydrogens (tertiary/aromatic N) is 2. The standard InChI is InChI=1S/C14H15N3S/c1-9(13-10(2)17-14(16)18-13)12-5-3-11(4-6-12)7-8-15/h3-6,9H,7H2,1-2H3,(H2,16,17). The van der Waals surface area contributed by atoms with Gasteiger partial charge in [0.05, 0.1) is 18.2 Å². The quantitative estimate of drug-likeness (QED) is 0.918. The van der Waals surface area contributed by atoms with Gasteiger partial charge in [0.15, 0.2) is 5.13 Å². The zero-order valence-electron chi connectivity index (χ0n) is 10.5. The minimum absolute atomic E-state index is 0.288. The molecular weight excluding hydrogens is 242 g/mol. The van der Waals surface area contributed by atoms with E-state index in [0.29, 0.717) is 11.6 Å². The topological polar surface area (TPSA) is 62.7 Å². The number of nitrogen functional groups attached to an aromatic ring is 1. The van der Waals surface area contributed by atoms with Crippen molar-refractivity contribution < 1.29 is 0 Å². The van der Waals surface area contributed by atoms with Crippen molar-refractivity contribution in [3.05, 3.63) is 46.0 Å². The highest BCUT2D eigenvalue weighted by Crippen LogP contribution is 2.32. The molecule has 1 aromatic carbocycles. The molecule has 0 radical (unpaired) electrons. The molecule has 0 saturated heterocycles. The number of hydrogen-bond acceptors (Lipinski definition) is 4. The Morgan fingerprint density at radius 2 is 2.06 bits per heavy atom. The van der Waals surface area contributed by atoms with Crippen LogP contribution in [0.5, 0.6) is 0 Å². The first-order valence-corrected chi connectivity index (χ1v) is 6.62. The Hall–Kier alpha value is -1.86. The molecule has 1 aromatic heterocycles. The van der Waals surface area contributed by atoms with E-state index in [-0.39, 0.29) is 5.92 Å². The molecule has 2 N–H and O–H groups in total. The first-order chi connectivity index (χ1) is 8.61. The van der Waals surface area contributed by atoms with E-state index in [0.717, 1.165) is 11.3 Å². The Balaban J connectivity index is 2.26. The molecule has 0 aliphatic rings. The largest absolute Gasteiger partial charge is 0.375 e. The van der Waals surface area contributed by atoms with Crippen LogP contribution in [0.3, 0.4) is 0 Å². The number of aryl methyl sites for hydroxylation is 1. The smallest absolute Gasteiger partial charge is 0.180 e. The molecule has 0 aliphatic carbocycles. The van der Waals surface area contributed by atoms with E-state index in [2.05, 4.69) is 30.1 Å². The van der Waals surface area contributed by atoms with Gasteiger partial charge < -0.3 is 5.73 Å². The molecule has 2 aromatic rings. The number of rotatable bonds is 3. The van der Waals surface area contributed by atoms with Crippen molar-refractivity contribution in [1.82, 2.24) is 4.98 Å². The summed E-state index contributed by atoms with van der Waals surface area (Å²) in [5.41, 5.74) is 9.01. The lowest BCUT2D eigenvalue weighted by molar-refractivity contribution is 0.925. The van der Waals surface area contributed by atoms with Gasteiger partial charge in [-0.05, 0) is 18.1 Å². The van der Waals surface area contributed by atoms with E-state index < -0.39 is 0 Å². The second-order valence-corrected chi connectivity index (χ2v) is 5.36. The van der Waals surface area contributed by atoms with Gasteiger partial charge in [-0.2, -0.15) is 5.26 Å². The van der Waals surface area contributed by atoms with Crippen LogP contribution in [-0.2, 0) is 6.42 Å². The molecule has 0 bridgehead atoms. The molecule has 1 heterocycles. The number of aromatic nitrogens is 1. The van der Waals surface area contributed by atoms with Crippen molar-refractivity contribution in [2.75, 3.05) is 5.73 Å². The van der Waals surface area contributed by atoms with Gasteiger partial charge in [-0.15, -0.1) is 11.3 Å². The molecule has 0 aliphatic heterocycles. The van der Waals surface area contributed by atoms with E-state index in [9.17, 15) is 0 Å². The number of anilines is 1. The molecule has 2 rings (SSSR count). The SMILES string of the molecule is Cc1nc(N)sc1C(C)c1ccc(CC#N)cc1. The second kappa shape index (κ2) is 5.19. The summed E-state index contributed by atoms with van der Waals surface area (Å²) in [5.74, 6) is 0.288. The highest BCUT2D eigenvalue weighted by Gasteiger charge is 2.15. The van der Waals surface area contributed by atoms with Gasteiger partial charge in [-0.3, -0.25) is 0 Å². The maximum atomic E-state index is 8.64. The van der Waals surface area contributed by atoms with Gasteiger partial charge in [-0.1, -0.05) is 31.2 Å². The van der Waals surface area contributed by atoms with E-state index in [1.54, 1.807) is 11.3 Å². The molecule has 4 heteroatoms. The van der Waals surface area contributed by atoms with E-state index in [1.165, 1.54) is 10.4 Å². The van der Waals surface area contributed by atoms with Crippen LogP contribution < -0.4 is 5.73 Å². The zero-order valence-corrected chi connectivity index (χ0v) is 11.3. The van der Waals surface area contributed by atoms with Crippen LogP contribution in [0.2, 0.25) is 0 Å². The highest BCUT2D eigenvalue weighted by molar-refractivity contribution is 7.15. The molecular formula is C14H15N3S. The Morgan fingerprint density at radius 3 is 2.56 bits per heavy atom. The van der Waals surface area contributed by atoms with E-state index in [4.69, 9.17) is 11.0 Å². The Morgan fingerprint density at radius 1 is 1.39 bits per heavy atom. The summed E-state index contributed by atoms with van der Waals surface area (Å²) < 4.78 is 0. The molecule has 1 atom stereocenters. The predicted molar refractivity (Wildman–Crippen MR) is 74.5 cm³/mol. The van der Waals surface area contributed by atoms with Crippen LogP contribution in [0.15, 0.2) is 24.3 Å². The van der Waals surface area contributed by atoms with Gasteiger partial charge in [0, 0.05) is 10.8 Å². The Labute approximate surface area is 111 Å². The summed E-state index contributed by atoms with van der Waals surface area (Å²) in [7, 11) is 0. The van der Waals surface area contributed by atoms with Gasteiger partial charge in [0.2, 0.25) is 0 Å². The molecule has 1 unspecified atom stereocenters. The summed E-state index contributed by atoms with van der Waals surface area (Å²) in [6, 6.07) is 10.3. The molecule has 0 spiro atoms. The van der Waals surface area contributed by atoms with E-state index in [1.807, 2.05) is 19.1 Å². The molecule has 3 nitrogen and oxygen atoms in total. The van der Waals surface area contributed by atoms with Crippen molar-refractivity contribution in [2.45, 2.75) is 26.2 Å². The third-order valence-corrected chi connectivity index (χ3v) is 4.17. The fraction of sp³-hybridized carbons (Fsp3) is 0.286. The van der Waals surface area contributed by atoms with E-state index >= 15 is 0 Å². The van der Waals surface area contributed by atoms with Crippen LogP contribution >= 0.6 is 11.3 Å². The highest BCUT2D eigenvalue weighted by atomic mass is 32.1. The van der Waals surface area contributed by atoms with Crippen molar-refractivity contribution >= 4 is 16.5 Å². The van der Waals surface area contributed by atoms with Crippen LogP contribution in [0.25, 0.3) is 0 Å². The number of nitriles is 1. The molecule has 92 valence electrons. The van der Waals surface area contributed by atoms with Crippen LogP contribution in [0.1, 0.15) is 34.5 Å². The third-order valence-electron chi connectivity index (χ3n) is 3.01. The van der Waals surface area contributed by atoms with Crippen molar-refractivity contribution in [3.8, 4) is 6.07 Å². The fourth-order valence-electron chi connectivity index (χ4n) is 2.00. The monoisotopic (exact) mass is 257 g/mol. The Bertz CT molecular complexity index is 578. The average Bonchev–Trinajstić information content (AvgIpc) is 2.69. The number of hydrogen-bond donors (Lipinski definition) is 1. The second-order valence-electron chi connectivity index (χ2n) is 4.30. The van der Waals surface area contributed by atoms with Crippen molar-refractivity contribution in [2.24, 2.45) is 0 Å². The van der Waals surface area contributed by atoms with Crippen LogP contribution in [-0.4, -0.2) is 4.98 Å². The normalized spacial score (nSPS) is 12.1. The zero-order chi connectivity index (χ0) is 13.1. The first kappa shape index (κ1) is 12.6. The number of benzene rings is 1. The average molecular weight is 257 g/mol. The lowest BCUT2D eigenvalue weighted by Crippen LogP contribution is -1.96. The fourth-order valence-corrected chi connectivity index (χ4v) is 2.91. The summed E-state index contributed by atoms with van der Waals surface area (Å²) in [6.45, 7) is 4.14. The van der Waals surface area contributed by atoms with Crippen molar-refractivity contribution in [1.29, 1.82) is 5.26 Å². The predicted octanol–water partition coefficient (Wildman–Crippen LogP) is 3.25. The lowest BCUT2D eigenvalue weighted by Gasteiger charge is -2.11. The first-order valence-electron chi connectivity index (χ1n) is 5.80. The third kappa shape index (κ3) is 2.52. The van der Waals surface area contributed by atoms with Gasteiger partial charge in [0.25, 0.3) is 0 Å². The van der Waals surface area contributed by atoms with Gasteiger partial charge in [0.1, 0.15) is 0 Å². The maximum Gasteiger partial charge on any atom is 0.180 e.